The molecule has 0 saturated heterocycles. The fourth-order valence-corrected chi connectivity index (χ4v) is 2.02. The van der Waals surface area contributed by atoms with E-state index in [1.807, 2.05) is 13.0 Å². The van der Waals surface area contributed by atoms with Gasteiger partial charge in [-0.2, -0.15) is 0 Å². The van der Waals surface area contributed by atoms with Crippen molar-refractivity contribution in [2.45, 2.75) is 32.7 Å². The lowest BCUT2D eigenvalue weighted by Crippen LogP contribution is -2.23. The molecule has 1 rings (SSSR count). The molecule has 16 heavy (non-hydrogen) atoms. The van der Waals surface area contributed by atoms with Gasteiger partial charge in [-0.25, -0.2) is 0 Å². The summed E-state index contributed by atoms with van der Waals surface area (Å²) in [6, 6.07) is 2.16. The van der Waals surface area contributed by atoms with Crippen LogP contribution in [0.1, 0.15) is 38.5 Å². The molecule has 1 aromatic rings. The van der Waals surface area contributed by atoms with Gasteiger partial charge in [0.2, 0.25) is 0 Å². The number of hydrogen-bond donors (Lipinski definition) is 1. The summed E-state index contributed by atoms with van der Waals surface area (Å²) in [7, 11) is 0. The standard InChI is InChI=1S/C12H20BrNO2/c1-3-7-14-11(6-8-15-4-2)12-10(13)5-9-16-12/h5,9,11,14H,3-4,6-8H2,1-2H3. The van der Waals surface area contributed by atoms with E-state index in [9.17, 15) is 0 Å². The van der Waals surface area contributed by atoms with E-state index in [0.717, 1.165) is 42.8 Å². The Kier molecular flexibility index (Phi) is 6.76. The second kappa shape index (κ2) is 7.87. The molecule has 1 unspecified atom stereocenters. The molecular weight excluding hydrogens is 270 g/mol. The Hall–Kier alpha value is -0.320. The second-order valence-electron chi connectivity index (χ2n) is 3.63. The third kappa shape index (κ3) is 4.28. The van der Waals surface area contributed by atoms with Crippen LogP contribution in [-0.4, -0.2) is 19.8 Å². The van der Waals surface area contributed by atoms with E-state index in [0.29, 0.717) is 0 Å². The third-order valence-corrected chi connectivity index (χ3v) is 3.01. The Labute approximate surface area is 106 Å². The van der Waals surface area contributed by atoms with Gasteiger partial charge in [0.25, 0.3) is 0 Å². The van der Waals surface area contributed by atoms with Crippen LogP contribution < -0.4 is 5.32 Å². The average Bonchev–Trinajstić information content (AvgIpc) is 2.70. The minimum atomic E-state index is 0.232. The number of halogens is 1. The van der Waals surface area contributed by atoms with Crippen LogP contribution in [0, 0.1) is 0 Å². The zero-order valence-electron chi connectivity index (χ0n) is 9.96. The highest BCUT2D eigenvalue weighted by atomic mass is 79.9. The Morgan fingerprint density at radius 2 is 2.31 bits per heavy atom. The molecule has 0 fully saturated rings. The van der Waals surface area contributed by atoms with Crippen LogP contribution in [-0.2, 0) is 4.74 Å². The highest BCUT2D eigenvalue weighted by Crippen LogP contribution is 2.26. The summed E-state index contributed by atoms with van der Waals surface area (Å²) in [6.45, 7) is 6.68. The summed E-state index contributed by atoms with van der Waals surface area (Å²) in [4.78, 5) is 0. The molecule has 0 aliphatic heterocycles. The largest absolute Gasteiger partial charge is 0.466 e. The molecule has 92 valence electrons. The maximum Gasteiger partial charge on any atom is 0.134 e. The van der Waals surface area contributed by atoms with Gasteiger partial charge in [-0.05, 0) is 48.3 Å². The SMILES string of the molecule is CCCNC(CCOCC)c1occc1Br. The van der Waals surface area contributed by atoms with Crippen molar-refractivity contribution in [2.24, 2.45) is 0 Å². The van der Waals surface area contributed by atoms with Crippen molar-refractivity contribution in [2.75, 3.05) is 19.8 Å². The lowest BCUT2D eigenvalue weighted by atomic mass is 10.1. The second-order valence-corrected chi connectivity index (χ2v) is 4.48. The van der Waals surface area contributed by atoms with E-state index in [2.05, 4.69) is 28.2 Å². The van der Waals surface area contributed by atoms with Gasteiger partial charge in [0.15, 0.2) is 0 Å². The summed E-state index contributed by atoms with van der Waals surface area (Å²) in [5.41, 5.74) is 0. The molecule has 0 aliphatic carbocycles. The van der Waals surface area contributed by atoms with E-state index < -0.39 is 0 Å². The van der Waals surface area contributed by atoms with E-state index in [4.69, 9.17) is 9.15 Å². The van der Waals surface area contributed by atoms with Crippen molar-refractivity contribution in [3.05, 3.63) is 22.6 Å². The van der Waals surface area contributed by atoms with Crippen LogP contribution in [0.15, 0.2) is 21.2 Å². The van der Waals surface area contributed by atoms with Crippen LogP contribution in [0.25, 0.3) is 0 Å². The molecule has 0 saturated carbocycles. The van der Waals surface area contributed by atoms with E-state index in [1.54, 1.807) is 6.26 Å². The lowest BCUT2D eigenvalue weighted by Gasteiger charge is -2.16. The minimum absolute atomic E-state index is 0.232. The normalized spacial score (nSPS) is 12.9. The highest BCUT2D eigenvalue weighted by molar-refractivity contribution is 9.10. The number of rotatable bonds is 8. The smallest absolute Gasteiger partial charge is 0.134 e. The quantitative estimate of drug-likeness (QED) is 0.744. The Balaban J connectivity index is 2.53. The fourth-order valence-electron chi connectivity index (χ4n) is 1.54. The van der Waals surface area contributed by atoms with Gasteiger partial charge in [0.05, 0.1) is 16.8 Å². The lowest BCUT2D eigenvalue weighted by molar-refractivity contribution is 0.133. The monoisotopic (exact) mass is 289 g/mol. The molecular formula is C12H20BrNO2. The van der Waals surface area contributed by atoms with Crippen LogP contribution in [0.2, 0.25) is 0 Å². The maximum atomic E-state index is 5.49. The summed E-state index contributed by atoms with van der Waals surface area (Å²) >= 11 is 3.49. The first-order valence-electron chi connectivity index (χ1n) is 5.83. The van der Waals surface area contributed by atoms with E-state index >= 15 is 0 Å². The molecule has 1 aromatic heterocycles. The van der Waals surface area contributed by atoms with Gasteiger partial charge in [-0.15, -0.1) is 0 Å². The van der Waals surface area contributed by atoms with E-state index in [-0.39, 0.29) is 6.04 Å². The molecule has 0 aromatic carbocycles. The van der Waals surface area contributed by atoms with Crippen molar-refractivity contribution in [1.29, 1.82) is 0 Å². The first-order chi connectivity index (χ1) is 7.79. The zero-order chi connectivity index (χ0) is 11.8. The first-order valence-corrected chi connectivity index (χ1v) is 6.62. The van der Waals surface area contributed by atoms with E-state index in [1.165, 1.54) is 0 Å². The van der Waals surface area contributed by atoms with Crippen molar-refractivity contribution in [3.63, 3.8) is 0 Å². The first kappa shape index (κ1) is 13.7. The van der Waals surface area contributed by atoms with Crippen LogP contribution in [0.4, 0.5) is 0 Å². The number of hydrogen-bond acceptors (Lipinski definition) is 3. The van der Waals surface area contributed by atoms with Crippen molar-refractivity contribution in [1.82, 2.24) is 5.32 Å². The molecule has 0 bridgehead atoms. The fraction of sp³-hybridized carbons (Fsp3) is 0.667. The summed E-state index contributed by atoms with van der Waals surface area (Å²) in [6.07, 6.45) is 3.75. The van der Waals surface area contributed by atoms with Gasteiger partial charge in [-0.3, -0.25) is 0 Å². The highest BCUT2D eigenvalue weighted by Gasteiger charge is 2.16. The Morgan fingerprint density at radius 1 is 1.50 bits per heavy atom. The van der Waals surface area contributed by atoms with Crippen molar-refractivity contribution < 1.29 is 9.15 Å². The Morgan fingerprint density at radius 3 is 2.88 bits per heavy atom. The molecule has 1 atom stereocenters. The molecule has 4 heteroatoms. The van der Waals surface area contributed by atoms with Gasteiger partial charge >= 0.3 is 0 Å². The third-order valence-electron chi connectivity index (χ3n) is 2.36. The number of nitrogens with one attached hydrogen (secondary N) is 1. The van der Waals surface area contributed by atoms with Crippen LogP contribution in [0.5, 0.6) is 0 Å². The molecule has 0 amide bonds. The minimum Gasteiger partial charge on any atom is -0.466 e. The van der Waals surface area contributed by atoms with Crippen LogP contribution >= 0.6 is 15.9 Å². The number of ether oxygens (including phenoxy) is 1. The molecule has 0 radical (unpaired) electrons. The molecule has 0 spiro atoms. The molecule has 1 heterocycles. The summed E-state index contributed by atoms with van der Waals surface area (Å²) < 4.78 is 11.9. The summed E-state index contributed by atoms with van der Waals surface area (Å²) in [5.74, 6) is 0.966. The van der Waals surface area contributed by atoms with Gasteiger partial charge < -0.3 is 14.5 Å². The average molecular weight is 290 g/mol. The Bertz CT molecular complexity index is 288. The van der Waals surface area contributed by atoms with Gasteiger partial charge in [-0.1, -0.05) is 6.92 Å². The molecule has 0 aliphatic rings. The predicted molar refractivity (Wildman–Crippen MR) is 68.6 cm³/mol. The van der Waals surface area contributed by atoms with Crippen molar-refractivity contribution in [3.8, 4) is 0 Å². The predicted octanol–water partition coefficient (Wildman–Crippen LogP) is 3.51. The van der Waals surface area contributed by atoms with Gasteiger partial charge in [0, 0.05) is 13.2 Å². The summed E-state index contributed by atoms with van der Waals surface area (Å²) in [5, 5.41) is 3.47. The van der Waals surface area contributed by atoms with Crippen LogP contribution in [0.3, 0.4) is 0 Å². The molecule has 1 N–H and O–H groups in total. The topological polar surface area (TPSA) is 34.4 Å². The van der Waals surface area contributed by atoms with Crippen molar-refractivity contribution >= 4 is 15.9 Å². The number of furan rings is 1. The molecule has 3 nitrogen and oxygen atoms in total. The zero-order valence-corrected chi connectivity index (χ0v) is 11.5. The maximum absolute atomic E-state index is 5.49. The van der Waals surface area contributed by atoms with Gasteiger partial charge in [0.1, 0.15) is 5.76 Å².